The fourth-order valence-corrected chi connectivity index (χ4v) is 2.06. The van der Waals surface area contributed by atoms with E-state index in [1.807, 2.05) is 31.2 Å². The van der Waals surface area contributed by atoms with Crippen LogP contribution >= 0.6 is 0 Å². The molecule has 2 N–H and O–H groups in total. The number of carbonyl (C=O) groups excluding carboxylic acids is 1. The zero-order valence-electron chi connectivity index (χ0n) is 9.93. The van der Waals surface area contributed by atoms with Gasteiger partial charge in [0.2, 0.25) is 0 Å². The fourth-order valence-electron chi connectivity index (χ4n) is 2.06. The molecular formula is C13H13N3O2. The van der Waals surface area contributed by atoms with E-state index in [9.17, 15) is 4.79 Å². The van der Waals surface area contributed by atoms with Crippen molar-refractivity contribution in [3.8, 4) is 0 Å². The molecule has 3 rings (SSSR count). The third-order valence-electron chi connectivity index (χ3n) is 2.94. The molecule has 0 unspecified atom stereocenters. The molecule has 0 fully saturated rings. The quantitative estimate of drug-likeness (QED) is 0.846. The third kappa shape index (κ3) is 1.95. The van der Waals surface area contributed by atoms with Crippen LogP contribution in [0.4, 0.5) is 11.7 Å². The largest absolute Gasteiger partial charge is 0.432 e. The number of hydrogen-bond donors (Lipinski definition) is 2. The monoisotopic (exact) mass is 243 g/mol. The van der Waals surface area contributed by atoms with Gasteiger partial charge in [0.1, 0.15) is 12.3 Å². The number of carbonyl (C=O) groups is 1. The first-order chi connectivity index (χ1) is 8.72. The molecule has 18 heavy (non-hydrogen) atoms. The van der Waals surface area contributed by atoms with Gasteiger partial charge in [-0.3, -0.25) is 10.1 Å². The summed E-state index contributed by atoms with van der Waals surface area (Å²) in [6.07, 6.45) is 2.19. The topological polar surface area (TPSA) is 67.2 Å². The Balaban J connectivity index is 1.69. The van der Waals surface area contributed by atoms with Gasteiger partial charge >= 0.3 is 6.01 Å². The molecule has 1 aromatic carbocycles. The minimum absolute atomic E-state index is 0.131. The Labute approximate surface area is 104 Å². The molecule has 0 saturated carbocycles. The van der Waals surface area contributed by atoms with Crippen LogP contribution in [0.3, 0.4) is 0 Å². The van der Waals surface area contributed by atoms with Crippen LogP contribution in [-0.2, 0) is 11.2 Å². The van der Waals surface area contributed by atoms with Gasteiger partial charge in [-0.15, -0.1) is 0 Å². The average Bonchev–Trinajstić information content (AvgIpc) is 2.95. The van der Waals surface area contributed by atoms with E-state index in [2.05, 4.69) is 15.6 Å². The van der Waals surface area contributed by atoms with Crippen molar-refractivity contribution in [2.24, 2.45) is 0 Å². The molecule has 0 spiro atoms. The van der Waals surface area contributed by atoms with Gasteiger partial charge in [0.15, 0.2) is 0 Å². The number of fused-ring (bicyclic) bond motifs is 1. The first-order valence-corrected chi connectivity index (χ1v) is 5.80. The predicted octanol–water partition coefficient (Wildman–Crippen LogP) is 1.96. The highest BCUT2D eigenvalue weighted by Crippen LogP contribution is 2.25. The standard InChI is InChI=1S/C13H13N3O2/c1-8-7-18-13(14-8)16-12(17)11-6-9-4-2-3-5-10(9)15-11/h2-5,7,11,15H,6H2,1H3,(H,14,16,17)/t11-/m0/s1. The fraction of sp³-hybridized carbons (Fsp3) is 0.231. The number of nitrogens with zero attached hydrogens (tertiary/aromatic N) is 1. The van der Waals surface area contributed by atoms with Gasteiger partial charge in [-0.05, 0) is 18.6 Å². The van der Waals surface area contributed by atoms with Gasteiger partial charge in [0, 0.05) is 12.1 Å². The van der Waals surface area contributed by atoms with Crippen LogP contribution in [0.25, 0.3) is 0 Å². The second-order valence-electron chi connectivity index (χ2n) is 4.34. The van der Waals surface area contributed by atoms with E-state index in [0.29, 0.717) is 6.42 Å². The highest BCUT2D eigenvalue weighted by molar-refractivity contribution is 5.96. The number of benzene rings is 1. The maximum absolute atomic E-state index is 12.0. The lowest BCUT2D eigenvalue weighted by Crippen LogP contribution is -2.32. The van der Waals surface area contributed by atoms with Gasteiger partial charge in [0.05, 0.1) is 5.69 Å². The SMILES string of the molecule is Cc1coc(NC(=O)[C@@H]2Cc3ccccc3N2)n1. The zero-order chi connectivity index (χ0) is 12.5. The number of para-hydroxylation sites is 1. The lowest BCUT2D eigenvalue weighted by molar-refractivity contribution is -0.116. The molecule has 5 heteroatoms. The van der Waals surface area contributed by atoms with Gasteiger partial charge < -0.3 is 9.73 Å². The molecule has 92 valence electrons. The smallest absolute Gasteiger partial charge is 0.301 e. The number of anilines is 2. The summed E-state index contributed by atoms with van der Waals surface area (Å²) >= 11 is 0. The number of aromatic nitrogens is 1. The van der Waals surface area contributed by atoms with Crippen molar-refractivity contribution in [2.45, 2.75) is 19.4 Å². The van der Waals surface area contributed by atoms with Crippen LogP contribution in [-0.4, -0.2) is 16.9 Å². The normalized spacial score (nSPS) is 17.1. The molecule has 2 heterocycles. The number of amides is 1. The summed E-state index contributed by atoms with van der Waals surface area (Å²) in [4.78, 5) is 16.1. The maximum atomic E-state index is 12.0. The summed E-state index contributed by atoms with van der Waals surface area (Å²) in [5.41, 5.74) is 2.91. The molecule has 1 atom stereocenters. The number of nitrogens with one attached hydrogen (secondary N) is 2. The Bertz CT molecular complexity index is 566. The molecule has 2 aromatic rings. The summed E-state index contributed by atoms with van der Waals surface area (Å²) in [7, 11) is 0. The zero-order valence-corrected chi connectivity index (χ0v) is 9.93. The van der Waals surface area contributed by atoms with Crippen LogP contribution in [0.2, 0.25) is 0 Å². The lowest BCUT2D eigenvalue weighted by Gasteiger charge is -2.09. The predicted molar refractivity (Wildman–Crippen MR) is 67.4 cm³/mol. The summed E-state index contributed by atoms with van der Waals surface area (Å²) in [6, 6.07) is 7.88. The van der Waals surface area contributed by atoms with Crippen LogP contribution in [0.5, 0.6) is 0 Å². The molecule has 5 nitrogen and oxygen atoms in total. The second-order valence-corrected chi connectivity index (χ2v) is 4.34. The van der Waals surface area contributed by atoms with Crippen molar-refractivity contribution in [2.75, 3.05) is 10.6 Å². The van der Waals surface area contributed by atoms with E-state index in [1.165, 1.54) is 6.26 Å². The van der Waals surface area contributed by atoms with Gasteiger partial charge in [-0.2, -0.15) is 4.98 Å². The van der Waals surface area contributed by atoms with Crippen LogP contribution in [0, 0.1) is 6.92 Å². The maximum Gasteiger partial charge on any atom is 0.301 e. The molecule has 0 saturated heterocycles. The van der Waals surface area contributed by atoms with E-state index in [4.69, 9.17) is 4.42 Å². The Morgan fingerprint density at radius 1 is 1.50 bits per heavy atom. The molecule has 1 aromatic heterocycles. The summed E-state index contributed by atoms with van der Waals surface area (Å²) < 4.78 is 5.10. The average molecular weight is 243 g/mol. The van der Waals surface area contributed by atoms with Gasteiger partial charge in [-0.1, -0.05) is 18.2 Å². The van der Waals surface area contributed by atoms with Crippen LogP contribution in [0.15, 0.2) is 34.9 Å². The first kappa shape index (κ1) is 10.8. The van der Waals surface area contributed by atoms with Crippen LogP contribution in [0.1, 0.15) is 11.3 Å². The Morgan fingerprint density at radius 3 is 3.06 bits per heavy atom. The van der Waals surface area contributed by atoms with Crippen molar-refractivity contribution in [1.82, 2.24) is 4.98 Å². The van der Waals surface area contributed by atoms with Crippen molar-refractivity contribution >= 4 is 17.6 Å². The van der Waals surface area contributed by atoms with E-state index >= 15 is 0 Å². The van der Waals surface area contributed by atoms with Crippen molar-refractivity contribution in [3.05, 3.63) is 41.8 Å². The van der Waals surface area contributed by atoms with E-state index in [1.54, 1.807) is 0 Å². The molecule has 1 aliphatic rings. The van der Waals surface area contributed by atoms with Crippen LogP contribution < -0.4 is 10.6 Å². The van der Waals surface area contributed by atoms with E-state index in [0.717, 1.165) is 16.9 Å². The summed E-state index contributed by atoms with van der Waals surface area (Å²) in [6.45, 7) is 1.81. The molecule has 1 amide bonds. The van der Waals surface area contributed by atoms with Crippen molar-refractivity contribution in [3.63, 3.8) is 0 Å². The second kappa shape index (κ2) is 4.18. The number of aryl methyl sites for hydroxylation is 1. The first-order valence-electron chi connectivity index (χ1n) is 5.80. The van der Waals surface area contributed by atoms with Crippen molar-refractivity contribution in [1.29, 1.82) is 0 Å². The summed E-state index contributed by atoms with van der Waals surface area (Å²) in [5, 5.41) is 5.84. The molecular weight excluding hydrogens is 230 g/mol. The molecule has 0 aliphatic carbocycles. The van der Waals surface area contributed by atoms with Gasteiger partial charge in [-0.25, -0.2) is 0 Å². The minimum Gasteiger partial charge on any atom is -0.432 e. The number of rotatable bonds is 2. The third-order valence-corrected chi connectivity index (χ3v) is 2.94. The van der Waals surface area contributed by atoms with Crippen molar-refractivity contribution < 1.29 is 9.21 Å². The summed E-state index contributed by atoms with van der Waals surface area (Å²) in [5.74, 6) is -0.131. The Kier molecular flexibility index (Phi) is 2.51. The van der Waals surface area contributed by atoms with E-state index < -0.39 is 0 Å². The Morgan fingerprint density at radius 2 is 2.33 bits per heavy atom. The lowest BCUT2D eigenvalue weighted by atomic mass is 10.1. The highest BCUT2D eigenvalue weighted by Gasteiger charge is 2.27. The highest BCUT2D eigenvalue weighted by atomic mass is 16.4. The van der Waals surface area contributed by atoms with Gasteiger partial charge in [0.25, 0.3) is 5.91 Å². The molecule has 1 aliphatic heterocycles. The number of hydrogen-bond acceptors (Lipinski definition) is 4. The minimum atomic E-state index is -0.269. The number of oxazole rings is 1. The molecule has 0 radical (unpaired) electrons. The Hall–Kier alpha value is -2.30. The molecule has 0 bridgehead atoms. The van der Waals surface area contributed by atoms with E-state index in [-0.39, 0.29) is 18.0 Å².